The summed E-state index contributed by atoms with van der Waals surface area (Å²) in [4.78, 5) is 2.57. The number of hydrogen-bond acceptors (Lipinski definition) is 2. The Balaban J connectivity index is 1.69. The van der Waals surface area contributed by atoms with Gasteiger partial charge in [-0.05, 0) is 50.2 Å². The fraction of sp³-hybridized carbons (Fsp3) is 1.00. The van der Waals surface area contributed by atoms with E-state index >= 15 is 0 Å². The molecule has 2 heteroatoms. The Hall–Kier alpha value is -0.0800. The Morgan fingerprint density at radius 3 is 2.53 bits per heavy atom. The van der Waals surface area contributed by atoms with Gasteiger partial charge in [0.15, 0.2) is 0 Å². The molecule has 1 aliphatic carbocycles. The predicted molar refractivity (Wildman–Crippen MR) is 65.0 cm³/mol. The molecule has 2 nitrogen and oxygen atoms in total. The molecule has 1 aliphatic heterocycles. The molecule has 4 atom stereocenters. The van der Waals surface area contributed by atoms with Crippen LogP contribution in [0.25, 0.3) is 0 Å². The highest BCUT2D eigenvalue weighted by molar-refractivity contribution is 4.88. The normalized spacial score (nSPS) is 41.8. The van der Waals surface area contributed by atoms with Gasteiger partial charge in [-0.3, -0.25) is 0 Å². The minimum atomic E-state index is 0.778. The second-order valence-corrected chi connectivity index (χ2v) is 5.65. The molecule has 15 heavy (non-hydrogen) atoms. The summed E-state index contributed by atoms with van der Waals surface area (Å²) in [5, 5.41) is 3.78. The Bertz CT molecular complexity index is 205. The van der Waals surface area contributed by atoms with Gasteiger partial charge in [-0.15, -0.1) is 0 Å². The van der Waals surface area contributed by atoms with E-state index in [2.05, 4.69) is 31.0 Å². The second-order valence-electron chi connectivity index (χ2n) is 5.65. The first kappa shape index (κ1) is 11.4. The standard InChI is InChI=1S/C13H26N2/c1-4-15-6-5-13(11(3)9-15)14-8-12-7-10(12)2/h10-14H,4-9H2,1-3H3. The Labute approximate surface area is 94.4 Å². The van der Waals surface area contributed by atoms with Crippen LogP contribution in [0, 0.1) is 17.8 Å². The first-order valence-corrected chi connectivity index (χ1v) is 6.66. The molecule has 1 heterocycles. The van der Waals surface area contributed by atoms with Gasteiger partial charge in [0.2, 0.25) is 0 Å². The largest absolute Gasteiger partial charge is 0.313 e. The molecule has 0 spiro atoms. The molecule has 2 aliphatic rings. The molecular weight excluding hydrogens is 184 g/mol. The lowest BCUT2D eigenvalue weighted by atomic mass is 9.94. The summed E-state index contributed by atoms with van der Waals surface area (Å²) in [6, 6.07) is 0.778. The maximum atomic E-state index is 3.78. The average Bonchev–Trinajstić information content (AvgIpc) is 2.93. The van der Waals surface area contributed by atoms with E-state index in [1.54, 1.807) is 0 Å². The molecule has 0 amide bonds. The van der Waals surface area contributed by atoms with E-state index in [0.717, 1.165) is 23.8 Å². The molecule has 0 radical (unpaired) electrons. The molecule has 4 unspecified atom stereocenters. The van der Waals surface area contributed by atoms with Gasteiger partial charge in [-0.2, -0.15) is 0 Å². The molecule has 0 aromatic rings. The van der Waals surface area contributed by atoms with Crippen LogP contribution >= 0.6 is 0 Å². The van der Waals surface area contributed by atoms with Gasteiger partial charge in [0.1, 0.15) is 0 Å². The van der Waals surface area contributed by atoms with Crippen molar-refractivity contribution in [1.82, 2.24) is 10.2 Å². The van der Waals surface area contributed by atoms with E-state index in [0.29, 0.717) is 0 Å². The summed E-state index contributed by atoms with van der Waals surface area (Å²) in [6.45, 7) is 12.1. The van der Waals surface area contributed by atoms with E-state index < -0.39 is 0 Å². The summed E-state index contributed by atoms with van der Waals surface area (Å²) in [6.07, 6.45) is 2.80. The molecule has 0 aromatic heterocycles. The first-order valence-electron chi connectivity index (χ1n) is 6.66. The van der Waals surface area contributed by atoms with Crippen molar-refractivity contribution in [3.05, 3.63) is 0 Å². The van der Waals surface area contributed by atoms with Gasteiger partial charge in [-0.25, -0.2) is 0 Å². The highest BCUT2D eigenvalue weighted by Gasteiger charge is 2.33. The van der Waals surface area contributed by atoms with E-state index in [9.17, 15) is 0 Å². The molecule has 0 aromatic carbocycles. The summed E-state index contributed by atoms with van der Waals surface area (Å²) in [5.74, 6) is 2.80. The molecular formula is C13H26N2. The number of rotatable bonds is 4. The summed E-state index contributed by atoms with van der Waals surface area (Å²) in [5.41, 5.74) is 0. The third-order valence-electron chi connectivity index (χ3n) is 4.35. The molecule has 1 N–H and O–H groups in total. The molecule has 1 saturated carbocycles. The summed E-state index contributed by atoms with van der Waals surface area (Å²) in [7, 11) is 0. The van der Waals surface area contributed by atoms with Gasteiger partial charge in [0.25, 0.3) is 0 Å². The van der Waals surface area contributed by atoms with Crippen LogP contribution in [0.2, 0.25) is 0 Å². The van der Waals surface area contributed by atoms with Crippen molar-refractivity contribution >= 4 is 0 Å². The number of likely N-dealkylation sites (tertiary alicyclic amines) is 1. The Morgan fingerprint density at radius 1 is 1.27 bits per heavy atom. The van der Waals surface area contributed by atoms with Crippen LogP contribution in [-0.4, -0.2) is 37.1 Å². The van der Waals surface area contributed by atoms with Crippen LogP contribution < -0.4 is 5.32 Å². The van der Waals surface area contributed by atoms with Crippen molar-refractivity contribution in [2.75, 3.05) is 26.2 Å². The van der Waals surface area contributed by atoms with Crippen molar-refractivity contribution in [1.29, 1.82) is 0 Å². The van der Waals surface area contributed by atoms with Crippen molar-refractivity contribution in [2.45, 2.75) is 39.7 Å². The third kappa shape index (κ3) is 2.94. The lowest BCUT2D eigenvalue weighted by molar-refractivity contribution is 0.153. The number of nitrogens with zero attached hydrogens (tertiary/aromatic N) is 1. The van der Waals surface area contributed by atoms with Crippen LogP contribution in [0.15, 0.2) is 0 Å². The maximum absolute atomic E-state index is 3.78. The number of hydrogen-bond donors (Lipinski definition) is 1. The Morgan fingerprint density at radius 2 is 2.00 bits per heavy atom. The maximum Gasteiger partial charge on any atom is 0.0117 e. The van der Waals surface area contributed by atoms with Crippen molar-refractivity contribution in [2.24, 2.45) is 17.8 Å². The van der Waals surface area contributed by atoms with E-state index in [4.69, 9.17) is 0 Å². The zero-order valence-corrected chi connectivity index (χ0v) is 10.5. The lowest BCUT2D eigenvalue weighted by Gasteiger charge is -2.37. The highest BCUT2D eigenvalue weighted by atomic mass is 15.1. The van der Waals surface area contributed by atoms with E-state index in [1.165, 1.54) is 39.0 Å². The average molecular weight is 210 g/mol. The van der Waals surface area contributed by atoms with Crippen LogP contribution in [0.5, 0.6) is 0 Å². The predicted octanol–water partition coefficient (Wildman–Crippen LogP) is 1.96. The highest BCUT2D eigenvalue weighted by Crippen LogP contribution is 2.37. The molecule has 2 rings (SSSR count). The smallest absolute Gasteiger partial charge is 0.0117 e. The van der Waals surface area contributed by atoms with Crippen LogP contribution in [0.3, 0.4) is 0 Å². The van der Waals surface area contributed by atoms with Gasteiger partial charge in [-0.1, -0.05) is 20.8 Å². The van der Waals surface area contributed by atoms with Crippen molar-refractivity contribution in [3.8, 4) is 0 Å². The van der Waals surface area contributed by atoms with Gasteiger partial charge >= 0.3 is 0 Å². The van der Waals surface area contributed by atoms with Crippen molar-refractivity contribution < 1.29 is 0 Å². The Kier molecular flexibility index (Phi) is 3.68. The van der Waals surface area contributed by atoms with Gasteiger partial charge in [0, 0.05) is 12.6 Å². The molecule has 88 valence electrons. The zero-order chi connectivity index (χ0) is 10.8. The summed E-state index contributed by atoms with van der Waals surface area (Å²) >= 11 is 0. The number of nitrogens with one attached hydrogen (secondary N) is 1. The third-order valence-corrected chi connectivity index (χ3v) is 4.35. The quantitative estimate of drug-likeness (QED) is 0.763. The van der Waals surface area contributed by atoms with Gasteiger partial charge < -0.3 is 10.2 Å². The first-order chi connectivity index (χ1) is 7.20. The minimum absolute atomic E-state index is 0.778. The minimum Gasteiger partial charge on any atom is -0.313 e. The molecule has 2 fully saturated rings. The SMILES string of the molecule is CCN1CCC(NCC2CC2C)C(C)C1. The molecule has 0 bridgehead atoms. The fourth-order valence-corrected chi connectivity index (χ4v) is 2.81. The van der Waals surface area contributed by atoms with Gasteiger partial charge in [0.05, 0.1) is 0 Å². The topological polar surface area (TPSA) is 15.3 Å². The van der Waals surface area contributed by atoms with Crippen LogP contribution in [0.1, 0.15) is 33.6 Å². The zero-order valence-electron chi connectivity index (χ0n) is 10.5. The van der Waals surface area contributed by atoms with Crippen LogP contribution in [0.4, 0.5) is 0 Å². The summed E-state index contributed by atoms with van der Waals surface area (Å²) < 4.78 is 0. The number of piperidine rings is 1. The fourth-order valence-electron chi connectivity index (χ4n) is 2.81. The monoisotopic (exact) mass is 210 g/mol. The lowest BCUT2D eigenvalue weighted by Crippen LogP contribution is -2.48. The second kappa shape index (κ2) is 4.84. The van der Waals surface area contributed by atoms with E-state index in [-0.39, 0.29) is 0 Å². The van der Waals surface area contributed by atoms with Crippen molar-refractivity contribution in [3.63, 3.8) is 0 Å². The molecule has 1 saturated heterocycles. The van der Waals surface area contributed by atoms with E-state index in [1.807, 2.05) is 0 Å². The van der Waals surface area contributed by atoms with Crippen LogP contribution in [-0.2, 0) is 0 Å².